The van der Waals surface area contributed by atoms with Crippen molar-refractivity contribution in [2.45, 2.75) is 38.6 Å². The molecule has 1 heterocycles. The van der Waals surface area contributed by atoms with Gasteiger partial charge in [0.15, 0.2) is 0 Å². The van der Waals surface area contributed by atoms with Crippen molar-refractivity contribution in [2.75, 3.05) is 11.1 Å². The van der Waals surface area contributed by atoms with Gasteiger partial charge in [0.25, 0.3) is 0 Å². The van der Waals surface area contributed by atoms with Crippen LogP contribution in [0.5, 0.6) is 0 Å². The lowest BCUT2D eigenvalue weighted by Crippen LogP contribution is -2.30. The first-order chi connectivity index (χ1) is 7.25. The van der Waals surface area contributed by atoms with E-state index in [-0.39, 0.29) is 0 Å². The Morgan fingerprint density at radius 2 is 2.13 bits per heavy atom. The highest BCUT2D eigenvalue weighted by Gasteiger charge is 2.20. The molecule has 0 saturated heterocycles. The van der Waals surface area contributed by atoms with Crippen molar-refractivity contribution in [3.05, 3.63) is 18.5 Å². The van der Waals surface area contributed by atoms with Crippen LogP contribution in [0.3, 0.4) is 0 Å². The van der Waals surface area contributed by atoms with Gasteiger partial charge in [-0.3, -0.25) is 4.98 Å². The summed E-state index contributed by atoms with van der Waals surface area (Å²) in [6.45, 7) is 2.32. The van der Waals surface area contributed by atoms with E-state index in [0.717, 1.165) is 17.3 Å². The van der Waals surface area contributed by atoms with E-state index in [4.69, 9.17) is 5.73 Å². The molecule has 1 aromatic rings. The van der Waals surface area contributed by atoms with Gasteiger partial charge in [0.2, 0.25) is 0 Å². The molecule has 0 bridgehead atoms. The van der Waals surface area contributed by atoms with Crippen molar-refractivity contribution in [2.24, 2.45) is 5.92 Å². The van der Waals surface area contributed by atoms with Gasteiger partial charge in [-0.15, -0.1) is 0 Å². The van der Waals surface area contributed by atoms with E-state index in [1.165, 1.54) is 25.7 Å². The third kappa shape index (κ3) is 2.61. The van der Waals surface area contributed by atoms with Crippen LogP contribution in [0.25, 0.3) is 0 Å². The Kier molecular flexibility index (Phi) is 3.09. The second-order valence-electron chi connectivity index (χ2n) is 4.52. The van der Waals surface area contributed by atoms with Gasteiger partial charge in [0.05, 0.1) is 17.6 Å². The van der Waals surface area contributed by atoms with Crippen LogP contribution in [-0.4, -0.2) is 11.0 Å². The second kappa shape index (κ2) is 4.51. The van der Waals surface area contributed by atoms with Gasteiger partial charge in [-0.2, -0.15) is 0 Å². The Balaban J connectivity index is 2.01. The minimum atomic E-state index is 0.586. The second-order valence-corrected chi connectivity index (χ2v) is 4.52. The lowest BCUT2D eigenvalue weighted by molar-refractivity contribution is 0.349. The van der Waals surface area contributed by atoms with E-state index in [2.05, 4.69) is 17.2 Å². The summed E-state index contributed by atoms with van der Waals surface area (Å²) in [5, 5.41) is 3.53. The number of hydrogen-bond acceptors (Lipinski definition) is 3. The number of pyridine rings is 1. The van der Waals surface area contributed by atoms with Crippen LogP contribution in [0, 0.1) is 5.92 Å². The van der Waals surface area contributed by atoms with Crippen molar-refractivity contribution >= 4 is 11.4 Å². The van der Waals surface area contributed by atoms with Gasteiger partial charge in [0, 0.05) is 12.2 Å². The largest absolute Gasteiger partial charge is 0.397 e. The van der Waals surface area contributed by atoms with Gasteiger partial charge in [-0.25, -0.2) is 0 Å². The predicted molar refractivity (Wildman–Crippen MR) is 63.7 cm³/mol. The van der Waals surface area contributed by atoms with E-state index < -0.39 is 0 Å². The van der Waals surface area contributed by atoms with Gasteiger partial charge in [-0.05, 0) is 24.8 Å². The molecule has 0 spiro atoms. The number of aromatic nitrogens is 1. The maximum atomic E-state index is 5.70. The molecular formula is C12H19N3. The molecule has 3 N–H and O–H groups in total. The average molecular weight is 205 g/mol. The number of nitrogens with zero attached hydrogens (tertiary/aromatic N) is 1. The molecule has 15 heavy (non-hydrogen) atoms. The molecule has 1 aromatic heterocycles. The average Bonchev–Trinajstić information content (AvgIpc) is 2.22. The normalized spacial score (nSPS) is 26.2. The summed E-state index contributed by atoms with van der Waals surface area (Å²) in [6.07, 6.45) is 8.81. The zero-order chi connectivity index (χ0) is 10.7. The molecule has 3 nitrogen and oxygen atoms in total. The van der Waals surface area contributed by atoms with Gasteiger partial charge < -0.3 is 11.1 Å². The number of hydrogen-bond donors (Lipinski definition) is 2. The number of nitrogens with one attached hydrogen (secondary N) is 1. The van der Waals surface area contributed by atoms with Crippen molar-refractivity contribution in [1.29, 1.82) is 0 Å². The molecule has 0 amide bonds. The Hall–Kier alpha value is -1.25. The lowest BCUT2D eigenvalue weighted by atomic mass is 9.86. The fraction of sp³-hybridized carbons (Fsp3) is 0.583. The molecule has 1 saturated carbocycles. The van der Waals surface area contributed by atoms with E-state index in [1.54, 1.807) is 6.20 Å². The molecule has 2 unspecified atom stereocenters. The summed E-state index contributed by atoms with van der Waals surface area (Å²) in [7, 11) is 0. The summed E-state index contributed by atoms with van der Waals surface area (Å²) >= 11 is 0. The highest BCUT2D eigenvalue weighted by atomic mass is 14.9. The number of nitrogens with two attached hydrogens (primary N) is 1. The number of rotatable bonds is 2. The van der Waals surface area contributed by atoms with Crippen LogP contribution in [-0.2, 0) is 0 Å². The van der Waals surface area contributed by atoms with Crippen LogP contribution in [0.4, 0.5) is 11.4 Å². The summed E-state index contributed by atoms with van der Waals surface area (Å²) < 4.78 is 0. The van der Waals surface area contributed by atoms with Gasteiger partial charge in [-0.1, -0.05) is 19.8 Å². The summed E-state index contributed by atoms with van der Waals surface area (Å²) in [6, 6.07) is 2.54. The standard InChI is InChI=1S/C12H19N3/c1-9-4-2-3-5-12(9)15-11-6-10(13)7-14-8-11/h6-9,12,15H,2-5,13H2,1H3. The molecule has 0 radical (unpaired) electrons. The van der Waals surface area contributed by atoms with Crippen LogP contribution < -0.4 is 11.1 Å². The molecule has 1 aliphatic carbocycles. The van der Waals surface area contributed by atoms with E-state index in [9.17, 15) is 0 Å². The topological polar surface area (TPSA) is 50.9 Å². The van der Waals surface area contributed by atoms with Gasteiger partial charge in [0.1, 0.15) is 0 Å². The Morgan fingerprint density at radius 1 is 1.33 bits per heavy atom. The molecule has 0 aromatic carbocycles. The quantitative estimate of drug-likeness (QED) is 0.780. The molecule has 2 atom stereocenters. The molecule has 0 aliphatic heterocycles. The predicted octanol–water partition coefficient (Wildman–Crippen LogP) is 2.65. The van der Waals surface area contributed by atoms with Crippen molar-refractivity contribution < 1.29 is 0 Å². The van der Waals surface area contributed by atoms with E-state index >= 15 is 0 Å². The first-order valence-corrected chi connectivity index (χ1v) is 5.73. The summed E-state index contributed by atoms with van der Waals surface area (Å²) in [5.74, 6) is 0.750. The van der Waals surface area contributed by atoms with Crippen LogP contribution in [0.1, 0.15) is 32.6 Å². The highest BCUT2D eigenvalue weighted by molar-refractivity contribution is 5.51. The summed E-state index contributed by atoms with van der Waals surface area (Å²) in [4.78, 5) is 4.09. The van der Waals surface area contributed by atoms with Gasteiger partial charge >= 0.3 is 0 Å². The molecule has 3 heteroatoms. The maximum absolute atomic E-state index is 5.70. The molecular weight excluding hydrogens is 186 g/mol. The molecule has 82 valence electrons. The molecule has 2 rings (SSSR count). The fourth-order valence-electron chi connectivity index (χ4n) is 2.28. The summed E-state index contributed by atoms with van der Waals surface area (Å²) in [5.41, 5.74) is 7.47. The lowest BCUT2D eigenvalue weighted by Gasteiger charge is -2.30. The monoisotopic (exact) mass is 205 g/mol. The Bertz CT molecular complexity index is 324. The third-order valence-electron chi connectivity index (χ3n) is 3.22. The Morgan fingerprint density at radius 3 is 2.87 bits per heavy atom. The highest BCUT2D eigenvalue weighted by Crippen LogP contribution is 2.26. The third-order valence-corrected chi connectivity index (χ3v) is 3.22. The maximum Gasteiger partial charge on any atom is 0.0549 e. The minimum absolute atomic E-state index is 0.586. The fourth-order valence-corrected chi connectivity index (χ4v) is 2.28. The first-order valence-electron chi connectivity index (χ1n) is 5.73. The minimum Gasteiger partial charge on any atom is -0.397 e. The van der Waals surface area contributed by atoms with Crippen LogP contribution in [0.2, 0.25) is 0 Å². The van der Waals surface area contributed by atoms with Crippen LogP contribution >= 0.6 is 0 Å². The molecule has 1 fully saturated rings. The molecule has 1 aliphatic rings. The smallest absolute Gasteiger partial charge is 0.0549 e. The zero-order valence-corrected chi connectivity index (χ0v) is 9.24. The Labute approximate surface area is 91.1 Å². The zero-order valence-electron chi connectivity index (χ0n) is 9.24. The van der Waals surface area contributed by atoms with E-state index in [0.29, 0.717) is 6.04 Å². The number of anilines is 2. The van der Waals surface area contributed by atoms with E-state index in [1.807, 2.05) is 12.3 Å². The SMILES string of the molecule is CC1CCCCC1Nc1cncc(N)c1. The van der Waals surface area contributed by atoms with Crippen molar-refractivity contribution in [3.8, 4) is 0 Å². The van der Waals surface area contributed by atoms with Crippen molar-refractivity contribution in [1.82, 2.24) is 4.98 Å². The van der Waals surface area contributed by atoms with Crippen LogP contribution in [0.15, 0.2) is 18.5 Å². The first kappa shape index (κ1) is 10.3. The van der Waals surface area contributed by atoms with Crippen molar-refractivity contribution in [3.63, 3.8) is 0 Å². The number of nitrogen functional groups attached to an aromatic ring is 1.